The molecule has 26 heavy (non-hydrogen) atoms. The lowest BCUT2D eigenvalue weighted by atomic mass is 10.2. The van der Waals surface area contributed by atoms with E-state index in [1.54, 1.807) is 17.7 Å². The number of nitriles is 1. The molecule has 0 amide bonds. The van der Waals surface area contributed by atoms with E-state index in [4.69, 9.17) is 15.0 Å². The van der Waals surface area contributed by atoms with Gasteiger partial charge in [-0.1, -0.05) is 30.0 Å². The monoisotopic (exact) mass is 365 g/mol. The molecule has 0 bridgehead atoms. The number of aromatic nitrogens is 2. The Kier molecular flexibility index (Phi) is 5.92. The van der Waals surface area contributed by atoms with Crippen LogP contribution in [0, 0.1) is 11.3 Å². The van der Waals surface area contributed by atoms with Crippen LogP contribution in [0.25, 0.3) is 16.6 Å². The number of ether oxygens (including phenoxy) is 1. The molecule has 0 N–H and O–H groups in total. The first-order chi connectivity index (χ1) is 12.7. The molecule has 3 aromatic rings. The van der Waals surface area contributed by atoms with Crippen LogP contribution < -0.4 is 10.3 Å². The van der Waals surface area contributed by atoms with E-state index in [-0.39, 0.29) is 5.56 Å². The van der Waals surface area contributed by atoms with Crippen LogP contribution in [-0.4, -0.2) is 22.4 Å². The molecule has 2 aromatic carbocycles. The Labute approximate surface area is 156 Å². The summed E-state index contributed by atoms with van der Waals surface area (Å²) >= 11 is 1.54. The lowest BCUT2D eigenvalue weighted by Gasteiger charge is -2.14. The van der Waals surface area contributed by atoms with Crippen LogP contribution in [0.5, 0.6) is 5.75 Å². The summed E-state index contributed by atoms with van der Waals surface area (Å²) in [5.41, 5.74) is 1.33. The lowest BCUT2D eigenvalue weighted by Crippen LogP contribution is -2.21. The average molecular weight is 365 g/mol. The Morgan fingerprint density at radius 2 is 2.04 bits per heavy atom. The fraction of sp³-hybridized carbons (Fsp3) is 0.250. The fourth-order valence-corrected chi connectivity index (χ4v) is 3.67. The van der Waals surface area contributed by atoms with Gasteiger partial charge in [0.25, 0.3) is 5.56 Å². The minimum atomic E-state index is -0.0941. The zero-order chi connectivity index (χ0) is 18.4. The van der Waals surface area contributed by atoms with Crippen molar-refractivity contribution in [3.63, 3.8) is 0 Å². The van der Waals surface area contributed by atoms with Crippen LogP contribution >= 0.6 is 11.8 Å². The minimum Gasteiger partial charge on any atom is -0.497 e. The van der Waals surface area contributed by atoms with Gasteiger partial charge in [-0.15, -0.1) is 0 Å². The Morgan fingerprint density at radius 1 is 1.19 bits per heavy atom. The van der Waals surface area contributed by atoms with Gasteiger partial charge in [0.05, 0.1) is 29.8 Å². The minimum absolute atomic E-state index is 0.0941. The molecule has 0 radical (unpaired) electrons. The van der Waals surface area contributed by atoms with Gasteiger partial charge in [0.2, 0.25) is 0 Å². The highest BCUT2D eigenvalue weighted by Crippen LogP contribution is 2.24. The maximum atomic E-state index is 13.1. The van der Waals surface area contributed by atoms with E-state index in [2.05, 4.69) is 6.07 Å². The summed E-state index contributed by atoms with van der Waals surface area (Å²) in [6, 6.07) is 16.9. The van der Waals surface area contributed by atoms with E-state index in [0.717, 1.165) is 24.3 Å². The third kappa shape index (κ3) is 3.89. The first kappa shape index (κ1) is 18.0. The van der Waals surface area contributed by atoms with E-state index < -0.39 is 0 Å². The summed E-state index contributed by atoms with van der Waals surface area (Å²) in [5, 5.41) is 9.89. The average Bonchev–Trinajstić information content (AvgIpc) is 2.68. The van der Waals surface area contributed by atoms with Crippen molar-refractivity contribution in [1.82, 2.24) is 9.55 Å². The van der Waals surface area contributed by atoms with Gasteiger partial charge in [-0.25, -0.2) is 4.98 Å². The van der Waals surface area contributed by atoms with Crippen molar-refractivity contribution in [2.45, 2.75) is 24.4 Å². The first-order valence-electron chi connectivity index (χ1n) is 8.40. The number of methoxy groups -OCH3 is 1. The standard InChI is InChI=1S/C20H19N3O2S/c1-25-16-9-7-8-15(14-16)23-19(24)17-10-3-4-11-18(17)22-20(23)26-13-6-2-5-12-21/h3-4,7-11,14H,2,5-6,13H2,1H3. The van der Waals surface area contributed by atoms with Crippen molar-refractivity contribution in [2.75, 3.05) is 12.9 Å². The highest BCUT2D eigenvalue weighted by molar-refractivity contribution is 7.99. The Balaban J connectivity index is 2.06. The summed E-state index contributed by atoms with van der Waals surface area (Å²) in [6.07, 6.45) is 2.30. The molecule has 0 aliphatic rings. The lowest BCUT2D eigenvalue weighted by molar-refractivity contribution is 0.414. The second kappa shape index (κ2) is 8.54. The molecule has 0 saturated heterocycles. The quantitative estimate of drug-likeness (QED) is 0.357. The van der Waals surface area contributed by atoms with Gasteiger partial charge in [-0.3, -0.25) is 9.36 Å². The molecular weight excluding hydrogens is 346 g/mol. The molecule has 0 atom stereocenters. The van der Waals surface area contributed by atoms with Gasteiger partial charge in [0.15, 0.2) is 5.16 Å². The number of para-hydroxylation sites is 1. The highest BCUT2D eigenvalue weighted by atomic mass is 32.2. The number of fused-ring (bicyclic) bond motifs is 1. The molecule has 0 saturated carbocycles. The molecular formula is C20H19N3O2S. The number of thioether (sulfide) groups is 1. The van der Waals surface area contributed by atoms with Gasteiger partial charge in [-0.2, -0.15) is 5.26 Å². The Hall–Kier alpha value is -2.78. The number of hydrogen-bond donors (Lipinski definition) is 0. The van der Waals surface area contributed by atoms with E-state index in [1.165, 1.54) is 11.8 Å². The SMILES string of the molecule is COc1cccc(-n2c(SCCCCC#N)nc3ccccc3c2=O)c1. The van der Waals surface area contributed by atoms with Crippen LogP contribution in [-0.2, 0) is 0 Å². The second-order valence-electron chi connectivity index (χ2n) is 5.72. The fourth-order valence-electron chi connectivity index (χ4n) is 2.66. The number of rotatable bonds is 7. The number of benzene rings is 2. The van der Waals surface area contributed by atoms with Crippen molar-refractivity contribution < 1.29 is 4.74 Å². The van der Waals surface area contributed by atoms with Crippen molar-refractivity contribution in [3.05, 3.63) is 58.9 Å². The second-order valence-corrected chi connectivity index (χ2v) is 6.78. The third-order valence-electron chi connectivity index (χ3n) is 3.97. The highest BCUT2D eigenvalue weighted by Gasteiger charge is 2.13. The normalized spacial score (nSPS) is 10.6. The third-order valence-corrected chi connectivity index (χ3v) is 5.00. The van der Waals surface area contributed by atoms with Gasteiger partial charge < -0.3 is 4.74 Å². The van der Waals surface area contributed by atoms with Crippen molar-refractivity contribution in [2.24, 2.45) is 0 Å². The molecule has 132 valence electrons. The van der Waals surface area contributed by atoms with Gasteiger partial charge >= 0.3 is 0 Å². The van der Waals surface area contributed by atoms with Crippen molar-refractivity contribution >= 4 is 22.7 Å². The molecule has 1 heterocycles. The summed E-state index contributed by atoms with van der Waals surface area (Å²) in [4.78, 5) is 17.8. The maximum Gasteiger partial charge on any atom is 0.266 e. The molecule has 0 fully saturated rings. The topological polar surface area (TPSA) is 67.9 Å². The van der Waals surface area contributed by atoms with Gasteiger partial charge in [0.1, 0.15) is 5.75 Å². The predicted molar refractivity (Wildman–Crippen MR) is 104 cm³/mol. The molecule has 6 heteroatoms. The Morgan fingerprint density at radius 3 is 2.85 bits per heavy atom. The van der Waals surface area contributed by atoms with E-state index >= 15 is 0 Å². The maximum absolute atomic E-state index is 13.1. The molecule has 0 aliphatic carbocycles. The van der Waals surface area contributed by atoms with Crippen LogP contribution in [0.1, 0.15) is 19.3 Å². The molecule has 3 rings (SSSR count). The van der Waals surface area contributed by atoms with E-state index in [9.17, 15) is 4.79 Å². The van der Waals surface area contributed by atoms with Gasteiger partial charge in [0, 0.05) is 18.2 Å². The largest absolute Gasteiger partial charge is 0.497 e. The number of unbranched alkanes of at least 4 members (excludes halogenated alkanes) is 2. The molecule has 0 unspecified atom stereocenters. The summed E-state index contributed by atoms with van der Waals surface area (Å²) in [6.45, 7) is 0. The smallest absolute Gasteiger partial charge is 0.266 e. The summed E-state index contributed by atoms with van der Waals surface area (Å²) in [5.74, 6) is 1.49. The number of nitrogens with zero attached hydrogens (tertiary/aromatic N) is 3. The van der Waals surface area contributed by atoms with Crippen molar-refractivity contribution in [1.29, 1.82) is 5.26 Å². The zero-order valence-corrected chi connectivity index (χ0v) is 15.3. The van der Waals surface area contributed by atoms with Crippen LogP contribution in [0.2, 0.25) is 0 Å². The number of hydrogen-bond acceptors (Lipinski definition) is 5. The van der Waals surface area contributed by atoms with E-state index in [0.29, 0.717) is 28.2 Å². The summed E-state index contributed by atoms with van der Waals surface area (Å²) < 4.78 is 6.93. The molecule has 5 nitrogen and oxygen atoms in total. The molecule has 1 aromatic heterocycles. The summed E-state index contributed by atoms with van der Waals surface area (Å²) in [7, 11) is 1.60. The van der Waals surface area contributed by atoms with Crippen LogP contribution in [0.4, 0.5) is 0 Å². The molecule has 0 spiro atoms. The Bertz CT molecular complexity index is 1010. The zero-order valence-electron chi connectivity index (χ0n) is 14.5. The van der Waals surface area contributed by atoms with Crippen LogP contribution in [0.15, 0.2) is 58.5 Å². The van der Waals surface area contributed by atoms with Crippen molar-refractivity contribution in [3.8, 4) is 17.5 Å². The van der Waals surface area contributed by atoms with Gasteiger partial charge in [-0.05, 0) is 37.1 Å². The first-order valence-corrected chi connectivity index (χ1v) is 9.39. The molecule has 0 aliphatic heterocycles. The van der Waals surface area contributed by atoms with E-state index in [1.807, 2.05) is 42.5 Å². The predicted octanol–water partition coefficient (Wildman–Crippen LogP) is 4.18. The van der Waals surface area contributed by atoms with Crippen LogP contribution in [0.3, 0.4) is 0 Å².